The summed E-state index contributed by atoms with van der Waals surface area (Å²) in [6.45, 7) is 7.73. The summed E-state index contributed by atoms with van der Waals surface area (Å²) in [7, 11) is -3.62. The Morgan fingerprint density at radius 1 is 1.23 bits per heavy atom. The second-order valence-electron chi connectivity index (χ2n) is 7.90. The molecule has 3 heterocycles. The van der Waals surface area contributed by atoms with E-state index in [2.05, 4.69) is 19.9 Å². The van der Waals surface area contributed by atoms with Gasteiger partial charge in [-0.1, -0.05) is 31.5 Å². The van der Waals surface area contributed by atoms with E-state index in [1.54, 1.807) is 30.5 Å². The van der Waals surface area contributed by atoms with Gasteiger partial charge in [-0.3, -0.25) is 9.69 Å². The van der Waals surface area contributed by atoms with Crippen LogP contribution in [-0.2, 0) is 29.3 Å². The molecule has 0 amide bonds. The summed E-state index contributed by atoms with van der Waals surface area (Å²) < 4.78 is 25.7. The van der Waals surface area contributed by atoms with Gasteiger partial charge in [0, 0.05) is 43.0 Å². The number of hydrogen-bond donors (Lipinski definition) is 1. The molecule has 0 radical (unpaired) electrons. The Labute approximate surface area is 179 Å². The number of hydrogen-bond acceptors (Lipinski definition) is 7. The maximum Gasteiger partial charge on any atom is 0.255 e. The van der Waals surface area contributed by atoms with Crippen LogP contribution in [0.2, 0.25) is 0 Å². The van der Waals surface area contributed by atoms with Gasteiger partial charge in [-0.15, -0.1) is 11.3 Å². The van der Waals surface area contributed by atoms with Crippen LogP contribution >= 0.6 is 11.3 Å². The summed E-state index contributed by atoms with van der Waals surface area (Å²) in [4.78, 5) is 27.4. The maximum absolute atomic E-state index is 12.8. The monoisotopic (exact) mass is 444 g/mol. The molecule has 3 aromatic rings. The Kier molecular flexibility index (Phi) is 5.61. The van der Waals surface area contributed by atoms with Crippen molar-refractivity contribution in [1.82, 2.24) is 19.9 Å². The first-order valence-electron chi connectivity index (χ1n) is 9.85. The highest BCUT2D eigenvalue weighted by Crippen LogP contribution is 2.27. The van der Waals surface area contributed by atoms with Gasteiger partial charge in [0.15, 0.2) is 0 Å². The van der Waals surface area contributed by atoms with Crippen LogP contribution in [0.15, 0.2) is 44.5 Å². The number of nitrogens with one attached hydrogen (secondary N) is 1. The topological polar surface area (TPSA) is 96.0 Å². The molecule has 0 fully saturated rings. The molecule has 7 nitrogen and oxygen atoms in total. The van der Waals surface area contributed by atoms with E-state index in [0.717, 1.165) is 28.5 Å². The first-order chi connectivity index (χ1) is 14.2. The van der Waals surface area contributed by atoms with Crippen molar-refractivity contribution < 1.29 is 8.42 Å². The van der Waals surface area contributed by atoms with Gasteiger partial charge in [0.2, 0.25) is 14.2 Å². The van der Waals surface area contributed by atoms with Gasteiger partial charge in [0.25, 0.3) is 5.56 Å². The molecule has 2 aromatic heterocycles. The lowest BCUT2D eigenvalue weighted by Gasteiger charge is -2.27. The minimum Gasteiger partial charge on any atom is -0.310 e. The molecular weight excluding hydrogens is 420 g/mol. The lowest BCUT2D eigenvalue weighted by Crippen LogP contribution is -2.35. The van der Waals surface area contributed by atoms with Crippen molar-refractivity contribution in [1.29, 1.82) is 0 Å². The zero-order valence-corrected chi connectivity index (χ0v) is 18.8. The van der Waals surface area contributed by atoms with E-state index in [9.17, 15) is 13.2 Å². The normalized spacial score (nSPS) is 14.8. The first kappa shape index (κ1) is 20.9. The number of rotatable bonds is 5. The highest BCUT2D eigenvalue weighted by atomic mass is 32.2. The third kappa shape index (κ3) is 4.10. The number of H-pyrrole nitrogens is 1. The second kappa shape index (κ2) is 8.05. The molecule has 0 spiro atoms. The molecule has 0 saturated carbocycles. The molecule has 0 unspecified atom stereocenters. The van der Waals surface area contributed by atoms with Crippen LogP contribution in [0.4, 0.5) is 0 Å². The van der Waals surface area contributed by atoms with Crippen LogP contribution in [0.3, 0.4) is 0 Å². The molecule has 158 valence electrons. The fourth-order valence-corrected chi connectivity index (χ4v) is 6.05. The summed E-state index contributed by atoms with van der Waals surface area (Å²) in [5.74, 6) is 0.896. The van der Waals surface area contributed by atoms with Gasteiger partial charge in [-0.2, -0.15) is 0 Å². The maximum atomic E-state index is 12.8. The molecule has 0 aliphatic carbocycles. The van der Waals surface area contributed by atoms with E-state index in [1.807, 2.05) is 20.8 Å². The molecule has 4 rings (SSSR count). The van der Waals surface area contributed by atoms with Gasteiger partial charge < -0.3 is 4.98 Å². The van der Waals surface area contributed by atoms with E-state index in [0.29, 0.717) is 25.1 Å². The number of thiazole rings is 1. The summed E-state index contributed by atoms with van der Waals surface area (Å²) in [5, 5.41) is 0. The van der Waals surface area contributed by atoms with Crippen molar-refractivity contribution in [2.45, 2.75) is 55.4 Å². The largest absolute Gasteiger partial charge is 0.310 e. The Morgan fingerprint density at radius 2 is 1.97 bits per heavy atom. The van der Waals surface area contributed by atoms with Crippen LogP contribution in [0.25, 0.3) is 0 Å². The lowest BCUT2D eigenvalue weighted by molar-refractivity contribution is 0.243. The molecule has 0 atom stereocenters. The van der Waals surface area contributed by atoms with Crippen LogP contribution in [-0.4, -0.2) is 34.8 Å². The van der Waals surface area contributed by atoms with Crippen LogP contribution in [0.1, 0.15) is 47.3 Å². The molecule has 1 N–H and O–H groups in total. The SMILES string of the molecule is Cc1ccc(S(=O)(=O)c2ncc(CN3CCc4nc(C(C)C)[nH]c(=O)c4C3)s2)cc1. The fraction of sp³-hybridized carbons (Fsp3) is 0.381. The third-order valence-electron chi connectivity index (χ3n) is 5.19. The smallest absolute Gasteiger partial charge is 0.255 e. The minimum absolute atomic E-state index is 0.0830. The van der Waals surface area contributed by atoms with Crippen molar-refractivity contribution in [2.24, 2.45) is 0 Å². The summed E-state index contributed by atoms with van der Waals surface area (Å²) in [6, 6.07) is 6.78. The molecule has 0 bridgehead atoms. The Balaban J connectivity index is 1.51. The number of benzene rings is 1. The van der Waals surface area contributed by atoms with Crippen LogP contribution in [0, 0.1) is 6.92 Å². The quantitative estimate of drug-likeness (QED) is 0.650. The van der Waals surface area contributed by atoms with Crippen LogP contribution < -0.4 is 5.56 Å². The summed E-state index contributed by atoms with van der Waals surface area (Å²) in [5.41, 5.74) is 2.48. The fourth-order valence-electron chi connectivity index (χ4n) is 3.43. The predicted octanol–water partition coefficient (Wildman–Crippen LogP) is 3.05. The van der Waals surface area contributed by atoms with Crippen molar-refractivity contribution in [3.63, 3.8) is 0 Å². The standard InChI is InChI=1S/C21H24N4O3S2/c1-13(2)19-23-18-8-9-25(12-17(18)20(26)24-19)11-15-10-22-21(29-15)30(27,28)16-6-4-14(3)5-7-16/h4-7,10,13H,8-9,11-12H2,1-3H3,(H,23,24,26). The molecule has 9 heteroatoms. The first-order valence-corrected chi connectivity index (χ1v) is 12.1. The molecule has 30 heavy (non-hydrogen) atoms. The number of aromatic nitrogens is 3. The second-order valence-corrected chi connectivity index (χ2v) is 11.1. The summed E-state index contributed by atoms with van der Waals surface area (Å²) >= 11 is 1.18. The van der Waals surface area contributed by atoms with Gasteiger partial charge in [-0.05, 0) is 19.1 Å². The van der Waals surface area contributed by atoms with Crippen molar-refractivity contribution in [2.75, 3.05) is 6.54 Å². The Hall–Kier alpha value is -2.36. The number of aryl methyl sites for hydroxylation is 1. The molecule has 1 aromatic carbocycles. The van der Waals surface area contributed by atoms with E-state index in [4.69, 9.17) is 0 Å². The third-order valence-corrected chi connectivity index (χ3v) is 8.33. The zero-order valence-electron chi connectivity index (χ0n) is 17.2. The molecule has 1 aliphatic heterocycles. The van der Waals surface area contributed by atoms with Gasteiger partial charge in [0.1, 0.15) is 5.82 Å². The Bertz CT molecular complexity index is 1230. The van der Waals surface area contributed by atoms with Gasteiger partial charge in [0.05, 0.1) is 16.2 Å². The van der Waals surface area contributed by atoms with E-state index < -0.39 is 9.84 Å². The average Bonchev–Trinajstić information content (AvgIpc) is 3.18. The Morgan fingerprint density at radius 3 is 2.67 bits per heavy atom. The highest BCUT2D eigenvalue weighted by molar-refractivity contribution is 7.93. The number of sulfone groups is 1. The average molecular weight is 445 g/mol. The van der Waals surface area contributed by atoms with E-state index in [1.165, 1.54) is 11.3 Å². The number of nitrogens with zero attached hydrogens (tertiary/aromatic N) is 3. The molecule has 1 aliphatic rings. The minimum atomic E-state index is -3.62. The number of fused-ring (bicyclic) bond motifs is 1. The lowest BCUT2D eigenvalue weighted by atomic mass is 10.1. The van der Waals surface area contributed by atoms with Crippen molar-refractivity contribution in [3.05, 3.63) is 68.3 Å². The number of aromatic amines is 1. The van der Waals surface area contributed by atoms with E-state index >= 15 is 0 Å². The molecule has 0 saturated heterocycles. The van der Waals surface area contributed by atoms with Crippen molar-refractivity contribution >= 4 is 21.2 Å². The van der Waals surface area contributed by atoms with Crippen LogP contribution in [0.5, 0.6) is 0 Å². The van der Waals surface area contributed by atoms with Gasteiger partial charge >= 0.3 is 0 Å². The summed E-state index contributed by atoms with van der Waals surface area (Å²) in [6.07, 6.45) is 2.32. The van der Waals surface area contributed by atoms with Crippen molar-refractivity contribution in [3.8, 4) is 0 Å². The van der Waals surface area contributed by atoms with E-state index in [-0.39, 0.29) is 20.7 Å². The highest BCUT2D eigenvalue weighted by Gasteiger charge is 2.25. The molecular formula is C21H24N4O3S2. The predicted molar refractivity (Wildman–Crippen MR) is 116 cm³/mol. The van der Waals surface area contributed by atoms with Gasteiger partial charge in [-0.25, -0.2) is 18.4 Å². The zero-order chi connectivity index (χ0) is 21.5.